The fraction of sp³-hybridized carbons (Fsp3) is 0.591. The molecule has 3 heterocycles. The summed E-state index contributed by atoms with van der Waals surface area (Å²) in [5.41, 5.74) is 0.789. The van der Waals surface area contributed by atoms with Gasteiger partial charge in [-0.25, -0.2) is 4.79 Å². The van der Waals surface area contributed by atoms with Gasteiger partial charge in [-0.15, -0.1) is 0 Å². The van der Waals surface area contributed by atoms with Crippen molar-refractivity contribution in [2.24, 2.45) is 5.92 Å². The van der Waals surface area contributed by atoms with Crippen molar-refractivity contribution in [2.75, 3.05) is 50.8 Å². The topological polar surface area (TPSA) is 82.2 Å². The van der Waals surface area contributed by atoms with Crippen LogP contribution in [-0.4, -0.2) is 73.5 Å². The number of piperidine rings is 1. The highest BCUT2D eigenvalue weighted by Gasteiger charge is 2.33. The van der Waals surface area contributed by atoms with Gasteiger partial charge in [-0.2, -0.15) is 0 Å². The zero-order valence-corrected chi connectivity index (χ0v) is 17.3. The zero-order valence-electron chi connectivity index (χ0n) is 17.3. The van der Waals surface area contributed by atoms with Gasteiger partial charge < -0.3 is 19.9 Å². The summed E-state index contributed by atoms with van der Waals surface area (Å²) in [6.45, 7) is 4.18. The van der Waals surface area contributed by atoms with Crippen LogP contribution in [0.3, 0.4) is 0 Å². The lowest BCUT2D eigenvalue weighted by Crippen LogP contribution is -2.52. The molecular weight excluding hydrogens is 384 g/mol. The summed E-state index contributed by atoms with van der Waals surface area (Å²) in [6.07, 6.45) is 3.95. The second-order valence-corrected chi connectivity index (χ2v) is 8.16. The van der Waals surface area contributed by atoms with Gasteiger partial charge >= 0.3 is 6.03 Å². The normalized spacial score (nSPS) is 21.3. The van der Waals surface area contributed by atoms with Crippen LogP contribution >= 0.6 is 0 Å². The minimum atomic E-state index is -0.188. The maximum Gasteiger partial charge on any atom is 0.324 e. The number of para-hydroxylation sites is 2. The Morgan fingerprint density at radius 2 is 2.00 bits per heavy atom. The van der Waals surface area contributed by atoms with E-state index in [0.717, 1.165) is 43.7 Å². The fourth-order valence-electron chi connectivity index (χ4n) is 4.47. The molecule has 4 rings (SSSR count). The predicted molar refractivity (Wildman–Crippen MR) is 112 cm³/mol. The number of nitrogens with one attached hydrogen (secondary N) is 1. The third-order valence-corrected chi connectivity index (χ3v) is 6.10. The standard InChI is InChI=1S/C22H30N4O4/c27-20-9-4-11-24(20)13-5-10-23-21(28)17-6-3-12-25(16-17)22(29)26-14-15-30-19-8-2-1-7-18(19)26/h1-2,7-8,17H,3-6,9-16H2,(H,23,28). The molecule has 2 saturated heterocycles. The molecule has 162 valence electrons. The fourth-order valence-corrected chi connectivity index (χ4v) is 4.47. The average molecular weight is 415 g/mol. The zero-order chi connectivity index (χ0) is 20.9. The molecule has 0 aliphatic carbocycles. The van der Waals surface area contributed by atoms with Crippen LogP contribution < -0.4 is 15.0 Å². The van der Waals surface area contributed by atoms with Gasteiger partial charge in [0.1, 0.15) is 12.4 Å². The Bertz CT molecular complexity index is 799. The van der Waals surface area contributed by atoms with Crippen LogP contribution in [0.2, 0.25) is 0 Å². The monoisotopic (exact) mass is 414 g/mol. The van der Waals surface area contributed by atoms with E-state index in [2.05, 4.69) is 5.32 Å². The number of carbonyl (C=O) groups is 3. The van der Waals surface area contributed by atoms with E-state index in [4.69, 9.17) is 4.74 Å². The molecule has 8 nitrogen and oxygen atoms in total. The third-order valence-electron chi connectivity index (χ3n) is 6.10. The quantitative estimate of drug-likeness (QED) is 0.746. The molecule has 0 saturated carbocycles. The number of carbonyl (C=O) groups excluding carboxylic acids is 3. The lowest BCUT2D eigenvalue weighted by Gasteiger charge is -2.37. The lowest BCUT2D eigenvalue weighted by atomic mass is 9.97. The number of likely N-dealkylation sites (tertiary alicyclic amines) is 2. The first-order valence-corrected chi connectivity index (χ1v) is 11.0. The number of hydrogen-bond donors (Lipinski definition) is 1. The van der Waals surface area contributed by atoms with Gasteiger partial charge in [-0.3, -0.25) is 14.5 Å². The Balaban J connectivity index is 1.27. The van der Waals surface area contributed by atoms with Gasteiger partial charge in [0.2, 0.25) is 11.8 Å². The molecule has 1 unspecified atom stereocenters. The smallest absolute Gasteiger partial charge is 0.324 e. The minimum Gasteiger partial charge on any atom is -0.490 e. The van der Waals surface area contributed by atoms with Gasteiger partial charge in [0, 0.05) is 39.1 Å². The number of urea groups is 1. The Morgan fingerprint density at radius 3 is 2.83 bits per heavy atom. The maximum atomic E-state index is 13.1. The van der Waals surface area contributed by atoms with Crippen molar-refractivity contribution < 1.29 is 19.1 Å². The number of anilines is 1. The van der Waals surface area contributed by atoms with E-state index >= 15 is 0 Å². The van der Waals surface area contributed by atoms with E-state index in [1.54, 1.807) is 9.80 Å². The number of ether oxygens (including phenoxy) is 1. The molecule has 4 amide bonds. The molecule has 30 heavy (non-hydrogen) atoms. The summed E-state index contributed by atoms with van der Waals surface area (Å²) >= 11 is 0. The molecule has 0 aromatic heterocycles. The molecule has 3 aliphatic rings. The highest BCUT2D eigenvalue weighted by molar-refractivity contribution is 5.94. The Hall–Kier alpha value is -2.77. The van der Waals surface area contributed by atoms with E-state index in [0.29, 0.717) is 45.8 Å². The molecule has 0 spiro atoms. The summed E-state index contributed by atoms with van der Waals surface area (Å²) in [5, 5.41) is 3.00. The number of benzene rings is 1. The Morgan fingerprint density at radius 1 is 1.13 bits per heavy atom. The van der Waals surface area contributed by atoms with E-state index < -0.39 is 0 Å². The molecule has 3 aliphatic heterocycles. The van der Waals surface area contributed by atoms with Crippen molar-refractivity contribution in [3.63, 3.8) is 0 Å². The van der Waals surface area contributed by atoms with Crippen LogP contribution in [0.4, 0.5) is 10.5 Å². The summed E-state index contributed by atoms with van der Waals surface area (Å²) in [7, 11) is 0. The van der Waals surface area contributed by atoms with E-state index in [-0.39, 0.29) is 23.8 Å². The molecule has 1 N–H and O–H groups in total. The van der Waals surface area contributed by atoms with Gasteiger partial charge in [0.25, 0.3) is 0 Å². The molecule has 0 radical (unpaired) electrons. The van der Waals surface area contributed by atoms with Crippen molar-refractivity contribution in [3.05, 3.63) is 24.3 Å². The SMILES string of the molecule is O=C(NCCCN1CCCC1=O)C1CCCN(C(=O)N2CCOc3ccccc32)C1. The minimum absolute atomic E-state index is 0.00243. The molecular formula is C22H30N4O4. The number of nitrogens with zero attached hydrogens (tertiary/aromatic N) is 3. The third kappa shape index (κ3) is 4.52. The first kappa shape index (κ1) is 20.5. The molecule has 0 bridgehead atoms. The van der Waals surface area contributed by atoms with E-state index in [9.17, 15) is 14.4 Å². The number of hydrogen-bond acceptors (Lipinski definition) is 4. The predicted octanol–water partition coefficient (Wildman–Crippen LogP) is 1.85. The van der Waals surface area contributed by atoms with Crippen molar-refractivity contribution in [1.82, 2.24) is 15.1 Å². The largest absolute Gasteiger partial charge is 0.490 e. The highest BCUT2D eigenvalue weighted by Crippen LogP contribution is 2.32. The van der Waals surface area contributed by atoms with Crippen molar-refractivity contribution in [2.45, 2.75) is 32.1 Å². The van der Waals surface area contributed by atoms with Gasteiger partial charge in [0.05, 0.1) is 18.2 Å². The summed E-state index contributed by atoms with van der Waals surface area (Å²) in [5.74, 6) is 0.752. The number of fused-ring (bicyclic) bond motifs is 1. The Kier molecular flexibility index (Phi) is 6.40. The Labute approximate surface area is 177 Å². The molecule has 1 atom stereocenters. The van der Waals surface area contributed by atoms with Crippen LogP contribution in [0.5, 0.6) is 5.75 Å². The van der Waals surface area contributed by atoms with Crippen molar-refractivity contribution >= 4 is 23.5 Å². The van der Waals surface area contributed by atoms with Crippen LogP contribution in [-0.2, 0) is 9.59 Å². The maximum absolute atomic E-state index is 13.1. The van der Waals surface area contributed by atoms with Crippen molar-refractivity contribution in [3.8, 4) is 5.75 Å². The van der Waals surface area contributed by atoms with Crippen LogP contribution in [0.1, 0.15) is 32.1 Å². The first-order chi connectivity index (χ1) is 14.6. The number of rotatable bonds is 5. The number of amides is 4. The van der Waals surface area contributed by atoms with Gasteiger partial charge in [0.15, 0.2) is 0 Å². The second-order valence-electron chi connectivity index (χ2n) is 8.16. The summed E-state index contributed by atoms with van der Waals surface area (Å²) in [6, 6.07) is 7.50. The second kappa shape index (κ2) is 9.36. The summed E-state index contributed by atoms with van der Waals surface area (Å²) < 4.78 is 5.65. The van der Waals surface area contributed by atoms with Crippen molar-refractivity contribution in [1.29, 1.82) is 0 Å². The van der Waals surface area contributed by atoms with Crippen LogP contribution in [0, 0.1) is 5.92 Å². The first-order valence-electron chi connectivity index (χ1n) is 11.0. The van der Waals surface area contributed by atoms with Crippen LogP contribution in [0.25, 0.3) is 0 Å². The van der Waals surface area contributed by atoms with E-state index in [1.165, 1.54) is 0 Å². The molecule has 1 aromatic carbocycles. The van der Waals surface area contributed by atoms with Crippen LogP contribution in [0.15, 0.2) is 24.3 Å². The average Bonchev–Trinajstić information content (AvgIpc) is 3.20. The van der Waals surface area contributed by atoms with E-state index in [1.807, 2.05) is 29.2 Å². The lowest BCUT2D eigenvalue weighted by molar-refractivity contribution is -0.127. The molecule has 2 fully saturated rings. The highest BCUT2D eigenvalue weighted by atomic mass is 16.5. The summed E-state index contributed by atoms with van der Waals surface area (Å²) in [4.78, 5) is 42.8. The molecule has 8 heteroatoms. The van der Waals surface area contributed by atoms with Gasteiger partial charge in [-0.05, 0) is 37.8 Å². The van der Waals surface area contributed by atoms with Gasteiger partial charge in [-0.1, -0.05) is 12.1 Å². The molecule has 1 aromatic rings.